The summed E-state index contributed by atoms with van der Waals surface area (Å²) in [6.07, 6.45) is 0. The zero-order valence-corrected chi connectivity index (χ0v) is 27.5. The fourth-order valence-electron chi connectivity index (χ4n) is 8.56. The molecule has 49 heavy (non-hydrogen) atoms. The van der Waals surface area contributed by atoms with Crippen molar-refractivity contribution in [1.82, 2.24) is 0 Å². The van der Waals surface area contributed by atoms with Gasteiger partial charge in [-0.25, -0.2) is 4.90 Å². The van der Waals surface area contributed by atoms with Crippen LogP contribution in [0.5, 0.6) is 0 Å². The predicted molar refractivity (Wildman–Crippen MR) is 188 cm³/mol. The standard InChI is InChI=1S/C40H26Cl2N2O5/c1-23-12-21-30(31(22-23)44(48)49)43-36(45)34-35(37(43)46)40(27-15-19-29(42)20-16-27)33(25-10-6-3-7-11-25)32(24-8-4-2-5-9-24)39(34,38(40)47)26-13-17-28(41)18-14-26/h2-22,34-35H,1H3/t34-,35+,39-,40-/m0/s1. The fraction of sp³-hybridized carbons (Fsp3) is 0.125. The number of carbonyl (C=O) groups excluding carboxylic acids is 3. The molecule has 240 valence electrons. The zero-order chi connectivity index (χ0) is 34.2. The molecule has 2 amide bonds. The molecule has 2 bridgehead atoms. The van der Waals surface area contributed by atoms with Gasteiger partial charge < -0.3 is 0 Å². The van der Waals surface area contributed by atoms with Crippen LogP contribution in [-0.2, 0) is 25.2 Å². The minimum absolute atomic E-state index is 0.133. The van der Waals surface area contributed by atoms with Crippen molar-refractivity contribution in [3.8, 4) is 0 Å². The molecule has 7 nitrogen and oxygen atoms in total. The minimum atomic E-state index is -1.68. The number of aryl methyl sites for hydroxylation is 1. The van der Waals surface area contributed by atoms with E-state index in [0.29, 0.717) is 49.0 Å². The Hall–Kier alpha value is -5.37. The molecule has 0 spiro atoms. The number of hydrogen-bond donors (Lipinski definition) is 0. The lowest BCUT2D eigenvalue weighted by Crippen LogP contribution is -2.45. The fourth-order valence-corrected chi connectivity index (χ4v) is 8.82. The molecule has 1 saturated heterocycles. The third kappa shape index (κ3) is 4.06. The summed E-state index contributed by atoms with van der Waals surface area (Å²) in [5.74, 6) is -4.17. The smallest absolute Gasteiger partial charge is 0.293 e. The van der Waals surface area contributed by atoms with Gasteiger partial charge in [0.2, 0.25) is 11.8 Å². The molecule has 0 aromatic heterocycles. The number of benzene rings is 5. The average Bonchev–Trinajstić information content (AvgIpc) is 3.61. The van der Waals surface area contributed by atoms with Crippen LogP contribution in [0.2, 0.25) is 10.0 Å². The molecule has 0 N–H and O–H groups in total. The van der Waals surface area contributed by atoms with Crippen LogP contribution in [0.25, 0.3) is 11.1 Å². The number of halogens is 2. The maximum Gasteiger partial charge on any atom is 0.293 e. The Morgan fingerprint density at radius 1 is 0.633 bits per heavy atom. The van der Waals surface area contributed by atoms with E-state index in [1.165, 1.54) is 12.1 Å². The van der Waals surface area contributed by atoms with Crippen LogP contribution in [-0.4, -0.2) is 22.5 Å². The lowest BCUT2D eigenvalue weighted by atomic mass is 9.59. The first-order valence-electron chi connectivity index (χ1n) is 15.7. The first-order chi connectivity index (χ1) is 23.6. The van der Waals surface area contributed by atoms with Crippen LogP contribution in [0.15, 0.2) is 127 Å². The van der Waals surface area contributed by atoms with E-state index in [1.54, 1.807) is 61.5 Å². The van der Waals surface area contributed by atoms with Gasteiger partial charge in [0.15, 0.2) is 5.78 Å². The number of amides is 2. The quantitative estimate of drug-likeness (QED) is 0.102. The maximum atomic E-state index is 16.0. The third-order valence-electron chi connectivity index (χ3n) is 10.3. The Morgan fingerprint density at radius 3 is 1.47 bits per heavy atom. The number of Topliss-reactive ketones (excluding diaryl/α,β-unsaturated/α-hetero) is 1. The van der Waals surface area contributed by atoms with Gasteiger partial charge in [-0.3, -0.25) is 24.5 Å². The summed E-state index contributed by atoms with van der Waals surface area (Å²) >= 11 is 12.8. The van der Waals surface area contributed by atoms with E-state index < -0.39 is 39.4 Å². The van der Waals surface area contributed by atoms with Crippen LogP contribution >= 0.6 is 23.2 Å². The average molecular weight is 686 g/mol. The largest absolute Gasteiger partial charge is 0.297 e. The molecular formula is C40H26Cl2N2O5. The van der Waals surface area contributed by atoms with E-state index in [9.17, 15) is 10.1 Å². The van der Waals surface area contributed by atoms with Gasteiger partial charge in [-0.05, 0) is 76.2 Å². The van der Waals surface area contributed by atoms with Gasteiger partial charge in [0.1, 0.15) is 5.69 Å². The van der Waals surface area contributed by atoms with Crippen molar-refractivity contribution < 1.29 is 19.3 Å². The Kier molecular flexibility index (Phi) is 7.00. The molecule has 1 heterocycles. The van der Waals surface area contributed by atoms with Gasteiger partial charge in [-0.1, -0.05) is 114 Å². The van der Waals surface area contributed by atoms with Gasteiger partial charge in [-0.15, -0.1) is 0 Å². The van der Waals surface area contributed by atoms with Crippen LogP contribution < -0.4 is 4.90 Å². The number of rotatable bonds is 6. The summed E-state index contributed by atoms with van der Waals surface area (Å²) in [6, 6.07) is 36.9. The summed E-state index contributed by atoms with van der Waals surface area (Å²) in [7, 11) is 0. The SMILES string of the molecule is Cc1ccc(N2C(=O)[C@@H]3[C@H](C2=O)[C@@]2(c4ccc(Cl)cc4)C(=O)[C@@]3(c3ccc(Cl)cc3)C(c3ccccc3)=C2c2ccccc2)c([N+](=O)[O-])c1. The number of fused-ring (bicyclic) bond motifs is 5. The summed E-state index contributed by atoms with van der Waals surface area (Å²) in [4.78, 5) is 59.0. The van der Waals surface area contributed by atoms with Crippen molar-refractivity contribution in [2.45, 2.75) is 17.8 Å². The van der Waals surface area contributed by atoms with Crippen molar-refractivity contribution in [3.05, 3.63) is 175 Å². The Bertz CT molecular complexity index is 2130. The molecule has 3 aliphatic rings. The second-order valence-electron chi connectivity index (χ2n) is 12.7. The molecule has 0 unspecified atom stereocenters. The lowest BCUT2D eigenvalue weighted by Gasteiger charge is -2.39. The number of nitro benzene ring substituents is 1. The van der Waals surface area contributed by atoms with Gasteiger partial charge in [-0.2, -0.15) is 0 Å². The molecule has 8 rings (SSSR count). The topological polar surface area (TPSA) is 97.6 Å². The van der Waals surface area contributed by atoms with E-state index in [4.69, 9.17) is 23.2 Å². The monoisotopic (exact) mass is 684 g/mol. The molecular weight excluding hydrogens is 659 g/mol. The van der Waals surface area contributed by atoms with Crippen LogP contribution in [0, 0.1) is 28.9 Å². The second kappa shape index (κ2) is 11.1. The summed E-state index contributed by atoms with van der Waals surface area (Å²) in [5.41, 5.74) is 0.349. The number of hydrogen-bond acceptors (Lipinski definition) is 5. The summed E-state index contributed by atoms with van der Waals surface area (Å²) in [6.45, 7) is 1.70. The van der Waals surface area contributed by atoms with Crippen molar-refractivity contribution in [2.24, 2.45) is 11.8 Å². The van der Waals surface area contributed by atoms with E-state index in [0.717, 1.165) is 4.90 Å². The molecule has 5 aromatic rings. The number of carbonyl (C=O) groups is 3. The van der Waals surface area contributed by atoms with Gasteiger partial charge in [0, 0.05) is 16.1 Å². The first kappa shape index (κ1) is 30.9. The molecule has 2 aliphatic carbocycles. The molecule has 1 saturated carbocycles. The zero-order valence-electron chi connectivity index (χ0n) is 26.0. The minimum Gasteiger partial charge on any atom is -0.297 e. The summed E-state index contributed by atoms with van der Waals surface area (Å²) in [5, 5.41) is 13.2. The molecule has 5 aromatic carbocycles. The van der Waals surface area contributed by atoms with E-state index in [-0.39, 0.29) is 17.2 Å². The predicted octanol–water partition coefficient (Wildman–Crippen LogP) is 8.40. The highest BCUT2D eigenvalue weighted by Gasteiger charge is 2.83. The van der Waals surface area contributed by atoms with Gasteiger partial charge in [0.25, 0.3) is 5.69 Å². The van der Waals surface area contributed by atoms with Crippen LogP contribution in [0.3, 0.4) is 0 Å². The van der Waals surface area contributed by atoms with Gasteiger partial charge in [0.05, 0.1) is 27.6 Å². The number of nitrogens with zero attached hydrogens (tertiary/aromatic N) is 2. The number of imide groups is 1. The summed E-state index contributed by atoms with van der Waals surface area (Å²) < 4.78 is 0. The molecule has 1 aliphatic heterocycles. The first-order valence-corrected chi connectivity index (χ1v) is 16.4. The number of ketones is 1. The van der Waals surface area contributed by atoms with Crippen molar-refractivity contribution in [3.63, 3.8) is 0 Å². The molecule has 9 heteroatoms. The normalized spacial score (nSPS) is 24.1. The van der Waals surface area contributed by atoms with Crippen molar-refractivity contribution in [2.75, 3.05) is 4.90 Å². The number of nitro groups is 1. The van der Waals surface area contributed by atoms with E-state index in [1.807, 2.05) is 60.7 Å². The highest BCUT2D eigenvalue weighted by Crippen LogP contribution is 2.74. The molecule has 2 fully saturated rings. The highest BCUT2D eigenvalue weighted by atomic mass is 35.5. The Labute approximate surface area is 291 Å². The molecule has 0 radical (unpaired) electrons. The van der Waals surface area contributed by atoms with E-state index >= 15 is 14.4 Å². The second-order valence-corrected chi connectivity index (χ2v) is 13.5. The van der Waals surface area contributed by atoms with Gasteiger partial charge >= 0.3 is 0 Å². The highest BCUT2D eigenvalue weighted by molar-refractivity contribution is 6.39. The Balaban J connectivity index is 1.55. The lowest BCUT2D eigenvalue weighted by molar-refractivity contribution is -0.384. The third-order valence-corrected chi connectivity index (χ3v) is 10.8. The van der Waals surface area contributed by atoms with E-state index in [2.05, 4.69) is 0 Å². The van der Waals surface area contributed by atoms with Crippen molar-refractivity contribution in [1.29, 1.82) is 0 Å². The molecule has 4 atom stereocenters. The number of allylic oxidation sites excluding steroid dienone is 2. The Morgan fingerprint density at radius 2 is 1.06 bits per heavy atom. The van der Waals surface area contributed by atoms with Crippen LogP contribution in [0.1, 0.15) is 27.8 Å². The van der Waals surface area contributed by atoms with Crippen molar-refractivity contribution >= 4 is 63.3 Å². The maximum absolute atomic E-state index is 16.0. The van der Waals surface area contributed by atoms with Crippen LogP contribution in [0.4, 0.5) is 11.4 Å². The number of anilines is 1.